The highest BCUT2D eigenvalue weighted by Gasteiger charge is 2.22. The van der Waals surface area contributed by atoms with E-state index in [2.05, 4.69) is 15.6 Å². The Morgan fingerprint density at radius 1 is 1.07 bits per heavy atom. The predicted octanol–water partition coefficient (Wildman–Crippen LogP) is 3.17. The molecule has 0 aliphatic carbocycles. The van der Waals surface area contributed by atoms with Gasteiger partial charge >= 0.3 is 0 Å². The number of carbonyl (C=O) groups is 1. The number of thiazole rings is 1. The number of nitrogens with zero attached hydrogens (tertiary/aromatic N) is 2. The number of aromatic nitrogens is 1. The zero-order valence-electron chi connectivity index (χ0n) is 16.4. The van der Waals surface area contributed by atoms with Gasteiger partial charge in [-0.3, -0.25) is 4.79 Å². The normalized spacial score (nSPS) is 11.7. The quantitative estimate of drug-likeness (QED) is 0.507. The van der Waals surface area contributed by atoms with Gasteiger partial charge < -0.3 is 10.6 Å². The molecule has 9 heteroatoms. The van der Waals surface area contributed by atoms with E-state index in [1.165, 1.54) is 16.4 Å². The van der Waals surface area contributed by atoms with Crippen LogP contribution in [0, 0.1) is 0 Å². The van der Waals surface area contributed by atoms with Crippen LogP contribution in [-0.4, -0.2) is 49.8 Å². The number of sulfonamides is 1. The second kappa shape index (κ2) is 9.34. The van der Waals surface area contributed by atoms with E-state index in [1.807, 2.05) is 24.3 Å². The number of carbonyl (C=O) groups excluding carboxylic acids is 1. The molecule has 29 heavy (non-hydrogen) atoms. The lowest BCUT2D eigenvalue weighted by Gasteiger charge is -2.18. The third kappa shape index (κ3) is 4.92. The van der Waals surface area contributed by atoms with E-state index in [4.69, 9.17) is 0 Å². The molecule has 7 nitrogen and oxygen atoms in total. The highest BCUT2D eigenvalue weighted by atomic mass is 32.2. The van der Waals surface area contributed by atoms with Crippen molar-refractivity contribution in [3.05, 3.63) is 54.1 Å². The molecule has 0 unspecified atom stereocenters. The topological polar surface area (TPSA) is 91.4 Å². The number of nitrogens with one attached hydrogen (secondary N) is 2. The first-order valence-corrected chi connectivity index (χ1v) is 11.7. The fourth-order valence-electron chi connectivity index (χ4n) is 2.91. The van der Waals surface area contributed by atoms with Crippen molar-refractivity contribution >= 4 is 42.6 Å². The zero-order valence-corrected chi connectivity index (χ0v) is 18.0. The number of amides is 1. The molecule has 1 aromatic heterocycles. The molecule has 3 rings (SSSR count). The molecule has 1 amide bonds. The maximum atomic E-state index is 12.6. The average molecular weight is 433 g/mol. The van der Waals surface area contributed by atoms with Gasteiger partial charge in [-0.1, -0.05) is 43.4 Å². The average Bonchev–Trinajstić information content (AvgIpc) is 3.14. The van der Waals surface area contributed by atoms with Crippen LogP contribution in [0.4, 0.5) is 5.13 Å². The summed E-state index contributed by atoms with van der Waals surface area (Å²) < 4.78 is 27.7. The summed E-state index contributed by atoms with van der Waals surface area (Å²) in [4.78, 5) is 17.0. The molecule has 3 aromatic rings. The summed E-state index contributed by atoms with van der Waals surface area (Å²) in [5.74, 6) is -0.312. The maximum Gasteiger partial charge on any atom is 0.251 e. The van der Waals surface area contributed by atoms with Crippen molar-refractivity contribution in [3.63, 3.8) is 0 Å². The van der Waals surface area contributed by atoms with E-state index in [-0.39, 0.29) is 10.8 Å². The van der Waals surface area contributed by atoms with E-state index < -0.39 is 10.0 Å². The first-order valence-electron chi connectivity index (χ1n) is 9.43. The van der Waals surface area contributed by atoms with E-state index in [9.17, 15) is 13.2 Å². The summed E-state index contributed by atoms with van der Waals surface area (Å²) in [5, 5.41) is 6.80. The van der Waals surface area contributed by atoms with Gasteiger partial charge in [-0.15, -0.1) is 0 Å². The number of benzene rings is 2. The minimum atomic E-state index is -3.60. The highest BCUT2D eigenvalue weighted by molar-refractivity contribution is 7.89. The van der Waals surface area contributed by atoms with Crippen molar-refractivity contribution < 1.29 is 13.2 Å². The van der Waals surface area contributed by atoms with Crippen LogP contribution in [0.3, 0.4) is 0 Å². The largest absolute Gasteiger partial charge is 0.360 e. The molecule has 1 heterocycles. The lowest BCUT2D eigenvalue weighted by molar-refractivity contribution is 0.0955. The maximum absolute atomic E-state index is 12.6. The lowest BCUT2D eigenvalue weighted by Crippen LogP contribution is -2.31. The molecule has 0 saturated heterocycles. The number of hydrogen-bond donors (Lipinski definition) is 2. The number of rotatable bonds is 9. The Bertz CT molecular complexity index is 1060. The van der Waals surface area contributed by atoms with Crippen molar-refractivity contribution in [1.82, 2.24) is 14.6 Å². The van der Waals surface area contributed by atoms with Crippen LogP contribution < -0.4 is 10.6 Å². The third-order valence-corrected chi connectivity index (χ3v) is 7.46. The van der Waals surface area contributed by atoms with Crippen molar-refractivity contribution in [3.8, 4) is 0 Å². The predicted molar refractivity (Wildman–Crippen MR) is 117 cm³/mol. The Kier molecular flexibility index (Phi) is 6.83. The van der Waals surface area contributed by atoms with Gasteiger partial charge in [0.15, 0.2) is 5.13 Å². The summed E-state index contributed by atoms with van der Waals surface area (Å²) in [7, 11) is -3.60. The van der Waals surface area contributed by atoms with Crippen molar-refractivity contribution in [2.45, 2.75) is 18.7 Å². The Balaban J connectivity index is 1.58. The number of anilines is 1. The molecule has 0 saturated carbocycles. The SMILES string of the molecule is CCN(CC)S(=O)(=O)c1cccc(C(=O)NCCNc2nc3ccccc3s2)c1. The van der Waals surface area contributed by atoms with E-state index in [0.717, 1.165) is 15.3 Å². The number of fused-ring (bicyclic) bond motifs is 1. The summed E-state index contributed by atoms with van der Waals surface area (Å²) >= 11 is 1.56. The van der Waals surface area contributed by atoms with Gasteiger partial charge in [-0.25, -0.2) is 13.4 Å². The molecule has 0 bridgehead atoms. The van der Waals surface area contributed by atoms with Gasteiger partial charge in [0.2, 0.25) is 10.0 Å². The molecular weight excluding hydrogens is 408 g/mol. The first kappa shape index (κ1) is 21.2. The molecule has 0 fully saturated rings. The molecule has 0 spiro atoms. The van der Waals surface area contributed by atoms with Gasteiger partial charge in [-0.2, -0.15) is 4.31 Å². The lowest BCUT2D eigenvalue weighted by atomic mass is 10.2. The van der Waals surface area contributed by atoms with Gasteiger partial charge in [0.05, 0.1) is 15.1 Å². The summed E-state index contributed by atoms with van der Waals surface area (Å²) in [6.45, 7) is 5.25. The molecular formula is C20H24N4O3S2. The second-order valence-electron chi connectivity index (χ2n) is 6.29. The van der Waals surface area contributed by atoms with Crippen molar-refractivity contribution in [1.29, 1.82) is 0 Å². The van der Waals surface area contributed by atoms with E-state index in [0.29, 0.717) is 31.7 Å². The smallest absolute Gasteiger partial charge is 0.251 e. The highest BCUT2D eigenvalue weighted by Crippen LogP contribution is 2.25. The molecule has 0 radical (unpaired) electrons. The number of hydrogen-bond acceptors (Lipinski definition) is 6. The van der Waals surface area contributed by atoms with Crippen LogP contribution in [0.15, 0.2) is 53.4 Å². The van der Waals surface area contributed by atoms with Gasteiger partial charge in [0.25, 0.3) is 5.91 Å². The summed E-state index contributed by atoms with van der Waals surface area (Å²) in [6.07, 6.45) is 0. The van der Waals surface area contributed by atoms with Gasteiger partial charge in [-0.05, 0) is 30.3 Å². The third-order valence-electron chi connectivity index (χ3n) is 4.42. The minimum Gasteiger partial charge on any atom is -0.360 e. The standard InChI is InChI=1S/C20H24N4O3S2/c1-3-24(4-2)29(26,27)16-9-7-8-15(14-16)19(25)21-12-13-22-20-23-17-10-5-6-11-18(17)28-20/h5-11,14H,3-4,12-13H2,1-2H3,(H,21,25)(H,22,23). The van der Waals surface area contributed by atoms with Gasteiger partial charge in [0, 0.05) is 31.7 Å². The van der Waals surface area contributed by atoms with Crippen LogP contribution in [-0.2, 0) is 10.0 Å². The monoisotopic (exact) mass is 432 g/mol. The van der Waals surface area contributed by atoms with Gasteiger partial charge in [0.1, 0.15) is 0 Å². The molecule has 0 aliphatic rings. The van der Waals surface area contributed by atoms with Crippen molar-refractivity contribution in [2.24, 2.45) is 0 Å². The molecule has 0 aliphatic heterocycles. The second-order valence-corrected chi connectivity index (χ2v) is 9.26. The Morgan fingerprint density at radius 3 is 2.55 bits per heavy atom. The van der Waals surface area contributed by atoms with Crippen LogP contribution in [0.25, 0.3) is 10.2 Å². The number of para-hydroxylation sites is 1. The molecule has 154 valence electrons. The summed E-state index contributed by atoms with van der Waals surface area (Å²) in [5.41, 5.74) is 1.26. The fourth-order valence-corrected chi connectivity index (χ4v) is 5.30. The fraction of sp³-hybridized carbons (Fsp3) is 0.300. The van der Waals surface area contributed by atoms with E-state index in [1.54, 1.807) is 37.3 Å². The molecule has 2 aromatic carbocycles. The molecule has 0 atom stereocenters. The first-order chi connectivity index (χ1) is 14.0. The molecule has 2 N–H and O–H groups in total. The minimum absolute atomic E-state index is 0.126. The Hall–Kier alpha value is -2.49. The van der Waals surface area contributed by atoms with E-state index >= 15 is 0 Å². The summed E-state index contributed by atoms with van der Waals surface area (Å²) in [6, 6.07) is 14.0. The van der Waals surface area contributed by atoms with Crippen molar-refractivity contribution in [2.75, 3.05) is 31.5 Å². The Labute approximate surface area is 174 Å². The van der Waals surface area contributed by atoms with Crippen LogP contribution in [0.2, 0.25) is 0 Å². The zero-order chi connectivity index (χ0) is 20.9. The van der Waals surface area contributed by atoms with Crippen LogP contribution >= 0.6 is 11.3 Å². The Morgan fingerprint density at radius 2 is 1.83 bits per heavy atom. The van der Waals surface area contributed by atoms with Crippen LogP contribution in [0.1, 0.15) is 24.2 Å². The van der Waals surface area contributed by atoms with Crippen LogP contribution in [0.5, 0.6) is 0 Å².